The van der Waals surface area contributed by atoms with Gasteiger partial charge in [-0.2, -0.15) is 4.31 Å². The molecule has 0 radical (unpaired) electrons. The lowest BCUT2D eigenvalue weighted by Crippen LogP contribution is -2.31. The molecule has 1 aromatic carbocycles. The third kappa shape index (κ3) is 5.41. The lowest BCUT2D eigenvalue weighted by molar-refractivity contribution is 0.0528. The molecule has 2 rings (SSSR count). The number of anilines is 1. The van der Waals surface area contributed by atoms with Gasteiger partial charge in [0.2, 0.25) is 10.0 Å². The maximum atomic E-state index is 12.7. The molecule has 1 heterocycles. The van der Waals surface area contributed by atoms with E-state index in [1.165, 1.54) is 52.1 Å². The summed E-state index contributed by atoms with van der Waals surface area (Å²) >= 11 is 1.19. The van der Waals surface area contributed by atoms with E-state index >= 15 is 0 Å². The van der Waals surface area contributed by atoms with E-state index in [-0.39, 0.29) is 35.7 Å². The Balaban J connectivity index is 2.19. The molecule has 1 amide bonds. The van der Waals surface area contributed by atoms with Gasteiger partial charge in [-0.3, -0.25) is 4.79 Å². The highest BCUT2D eigenvalue weighted by atomic mass is 32.2. The average Bonchev–Trinajstić information content (AvgIpc) is 3.16. The predicted molar refractivity (Wildman–Crippen MR) is 114 cm³/mol. The van der Waals surface area contributed by atoms with E-state index in [2.05, 4.69) is 18.5 Å². The fourth-order valence-corrected chi connectivity index (χ4v) is 4.59. The van der Waals surface area contributed by atoms with Crippen molar-refractivity contribution in [3.8, 4) is 0 Å². The van der Waals surface area contributed by atoms with E-state index in [4.69, 9.17) is 4.74 Å². The van der Waals surface area contributed by atoms with Gasteiger partial charge >= 0.3 is 5.97 Å². The molecule has 0 aliphatic heterocycles. The Morgan fingerprint density at radius 1 is 1.14 bits per heavy atom. The van der Waals surface area contributed by atoms with Gasteiger partial charge in [-0.25, -0.2) is 13.2 Å². The fourth-order valence-electron chi connectivity index (χ4n) is 2.44. The van der Waals surface area contributed by atoms with E-state index in [1.807, 2.05) is 0 Å². The molecule has 0 aliphatic carbocycles. The maximum absolute atomic E-state index is 12.7. The highest BCUT2D eigenvalue weighted by molar-refractivity contribution is 7.89. The molecule has 7 nitrogen and oxygen atoms in total. The molecule has 0 spiro atoms. The van der Waals surface area contributed by atoms with E-state index in [1.54, 1.807) is 18.4 Å². The van der Waals surface area contributed by atoms with Crippen molar-refractivity contribution < 1.29 is 22.7 Å². The third-order valence-corrected chi connectivity index (χ3v) is 6.48. The minimum atomic E-state index is -3.74. The van der Waals surface area contributed by atoms with Crippen LogP contribution in [-0.4, -0.2) is 44.3 Å². The number of hydrogen-bond acceptors (Lipinski definition) is 6. The average molecular weight is 435 g/mol. The molecule has 9 heteroatoms. The van der Waals surface area contributed by atoms with Crippen molar-refractivity contribution in [1.82, 2.24) is 4.31 Å². The summed E-state index contributed by atoms with van der Waals surface area (Å²) in [5, 5.41) is 4.70. The van der Waals surface area contributed by atoms with Crippen molar-refractivity contribution >= 4 is 38.2 Å². The minimum absolute atomic E-state index is 0.0566. The van der Waals surface area contributed by atoms with Gasteiger partial charge in [0, 0.05) is 18.7 Å². The number of benzene rings is 1. The largest absolute Gasteiger partial charge is 0.462 e. The second-order valence-electron chi connectivity index (χ2n) is 5.76. The highest BCUT2D eigenvalue weighted by Gasteiger charge is 2.23. The number of carbonyl (C=O) groups excluding carboxylic acids is 2. The first-order chi connectivity index (χ1) is 13.8. The van der Waals surface area contributed by atoms with Crippen LogP contribution in [-0.2, 0) is 14.8 Å². The Morgan fingerprint density at radius 2 is 1.76 bits per heavy atom. The number of hydrogen-bond donors (Lipinski definition) is 1. The van der Waals surface area contributed by atoms with Crippen LogP contribution in [0.1, 0.15) is 27.6 Å². The summed E-state index contributed by atoms with van der Waals surface area (Å²) in [5.74, 6) is -0.981. The molecule has 1 N–H and O–H groups in total. The topological polar surface area (TPSA) is 92.8 Å². The van der Waals surface area contributed by atoms with Crippen LogP contribution in [0.4, 0.5) is 5.00 Å². The number of ether oxygens (including phenoxy) is 1. The highest BCUT2D eigenvalue weighted by Crippen LogP contribution is 2.25. The molecule has 2 aromatic rings. The van der Waals surface area contributed by atoms with E-state index in [0.29, 0.717) is 5.00 Å². The summed E-state index contributed by atoms with van der Waals surface area (Å²) in [7, 11) is -3.74. The van der Waals surface area contributed by atoms with Gasteiger partial charge in [-0.15, -0.1) is 24.5 Å². The zero-order chi connectivity index (χ0) is 21.4. The van der Waals surface area contributed by atoms with E-state index < -0.39 is 21.9 Å². The second-order valence-corrected chi connectivity index (χ2v) is 8.62. The van der Waals surface area contributed by atoms with Crippen LogP contribution in [0.3, 0.4) is 0 Å². The smallest absolute Gasteiger partial charge is 0.341 e. The third-order valence-electron chi connectivity index (χ3n) is 3.81. The van der Waals surface area contributed by atoms with Gasteiger partial charge in [0.25, 0.3) is 5.91 Å². The van der Waals surface area contributed by atoms with E-state index in [9.17, 15) is 18.0 Å². The SMILES string of the molecule is C=CCN(CC=C)S(=O)(=O)c1ccc(C(=O)Nc2sccc2C(=O)OCC)cc1. The Bertz CT molecular complexity index is 984. The van der Waals surface area contributed by atoms with Crippen LogP contribution in [0.15, 0.2) is 65.9 Å². The summed E-state index contributed by atoms with van der Waals surface area (Å²) in [6.45, 7) is 9.35. The minimum Gasteiger partial charge on any atom is -0.462 e. The number of carbonyl (C=O) groups is 2. The van der Waals surface area contributed by atoms with Crippen LogP contribution >= 0.6 is 11.3 Å². The molecular weight excluding hydrogens is 412 g/mol. The van der Waals surface area contributed by atoms with Crippen molar-refractivity contribution in [3.05, 3.63) is 72.1 Å². The lowest BCUT2D eigenvalue weighted by Gasteiger charge is -2.19. The number of nitrogens with one attached hydrogen (secondary N) is 1. The molecule has 1 aromatic heterocycles. The lowest BCUT2D eigenvalue weighted by atomic mass is 10.2. The van der Waals surface area contributed by atoms with Gasteiger partial charge in [0.1, 0.15) is 5.00 Å². The summed E-state index contributed by atoms with van der Waals surface area (Å²) in [6, 6.07) is 7.13. The molecule has 0 fully saturated rings. The quantitative estimate of drug-likeness (QED) is 0.456. The first kappa shape index (κ1) is 22.5. The molecule has 0 bridgehead atoms. The summed E-state index contributed by atoms with van der Waals surface area (Å²) in [4.78, 5) is 24.5. The van der Waals surface area contributed by atoms with Gasteiger partial charge in [-0.1, -0.05) is 12.2 Å². The van der Waals surface area contributed by atoms with Crippen LogP contribution in [0.25, 0.3) is 0 Å². The Labute approximate surface area is 174 Å². The summed E-state index contributed by atoms with van der Waals surface area (Å²) < 4.78 is 31.6. The molecule has 0 unspecified atom stereocenters. The Kier molecular flexibility index (Phi) is 7.89. The number of esters is 1. The number of thiophene rings is 1. The number of nitrogens with zero attached hydrogens (tertiary/aromatic N) is 1. The van der Waals surface area contributed by atoms with Gasteiger partial charge in [0.15, 0.2) is 0 Å². The summed E-state index contributed by atoms with van der Waals surface area (Å²) in [5.41, 5.74) is 0.528. The first-order valence-electron chi connectivity index (χ1n) is 8.73. The van der Waals surface area contributed by atoms with Crippen LogP contribution in [0.5, 0.6) is 0 Å². The van der Waals surface area contributed by atoms with Crippen LogP contribution in [0, 0.1) is 0 Å². The number of rotatable bonds is 10. The molecular formula is C20H22N2O5S2. The zero-order valence-electron chi connectivity index (χ0n) is 16.0. The number of sulfonamides is 1. The molecule has 0 atom stereocenters. The van der Waals surface area contributed by atoms with Crippen LogP contribution in [0.2, 0.25) is 0 Å². The number of amides is 1. The first-order valence-corrected chi connectivity index (χ1v) is 11.0. The molecule has 29 heavy (non-hydrogen) atoms. The molecule has 0 saturated carbocycles. The van der Waals surface area contributed by atoms with Crippen molar-refractivity contribution in [2.45, 2.75) is 11.8 Å². The van der Waals surface area contributed by atoms with Crippen molar-refractivity contribution in [2.24, 2.45) is 0 Å². The van der Waals surface area contributed by atoms with Crippen molar-refractivity contribution in [3.63, 3.8) is 0 Å². The maximum Gasteiger partial charge on any atom is 0.341 e. The van der Waals surface area contributed by atoms with E-state index in [0.717, 1.165) is 0 Å². The van der Waals surface area contributed by atoms with Crippen molar-refractivity contribution in [2.75, 3.05) is 25.0 Å². The van der Waals surface area contributed by atoms with Crippen molar-refractivity contribution in [1.29, 1.82) is 0 Å². The second kappa shape index (κ2) is 10.1. The molecule has 154 valence electrons. The Morgan fingerprint density at radius 3 is 2.31 bits per heavy atom. The van der Waals surface area contributed by atoms with Gasteiger partial charge in [-0.05, 0) is 42.6 Å². The fraction of sp³-hybridized carbons (Fsp3) is 0.200. The Hall–Kier alpha value is -2.75. The monoisotopic (exact) mass is 434 g/mol. The van der Waals surface area contributed by atoms with Crippen LogP contribution < -0.4 is 5.32 Å². The molecule has 0 saturated heterocycles. The standard InChI is InChI=1S/C20H22N2O5S2/c1-4-12-22(13-5-2)29(25,26)16-9-7-15(8-10-16)18(23)21-19-17(11-14-28-19)20(24)27-6-3/h4-5,7-11,14H,1-2,6,12-13H2,3H3,(H,21,23). The van der Waals surface area contributed by atoms with Gasteiger partial charge in [0.05, 0.1) is 17.1 Å². The molecule has 0 aliphatic rings. The summed E-state index contributed by atoms with van der Waals surface area (Å²) in [6.07, 6.45) is 2.98. The van der Waals surface area contributed by atoms with Gasteiger partial charge < -0.3 is 10.1 Å². The predicted octanol–water partition coefficient (Wildman–Crippen LogP) is 3.54. The normalized spacial score (nSPS) is 11.1. The zero-order valence-corrected chi connectivity index (χ0v) is 17.6.